The van der Waals surface area contributed by atoms with Crippen molar-refractivity contribution in [1.82, 2.24) is 5.32 Å². The van der Waals surface area contributed by atoms with Gasteiger partial charge < -0.3 is 9.73 Å². The van der Waals surface area contributed by atoms with Crippen molar-refractivity contribution in [3.05, 3.63) is 58.5 Å². The van der Waals surface area contributed by atoms with Crippen molar-refractivity contribution in [1.29, 1.82) is 0 Å². The van der Waals surface area contributed by atoms with Crippen molar-refractivity contribution in [3.63, 3.8) is 0 Å². The molecule has 0 saturated heterocycles. The molecule has 0 radical (unpaired) electrons. The summed E-state index contributed by atoms with van der Waals surface area (Å²) in [6, 6.07) is 13.1. The van der Waals surface area contributed by atoms with Gasteiger partial charge in [-0.05, 0) is 46.9 Å². The van der Waals surface area contributed by atoms with E-state index in [1.807, 2.05) is 6.07 Å². The van der Waals surface area contributed by atoms with Gasteiger partial charge in [-0.15, -0.1) is 0 Å². The number of hydrogen-bond acceptors (Lipinski definition) is 2. The second-order valence-corrected chi connectivity index (χ2v) is 6.35. The highest BCUT2D eigenvalue weighted by atomic mass is 79.9. The number of hydrogen-bond donors (Lipinski definition) is 1. The Morgan fingerprint density at radius 3 is 2.50 bits per heavy atom. The van der Waals surface area contributed by atoms with Crippen molar-refractivity contribution in [3.8, 4) is 0 Å². The van der Waals surface area contributed by atoms with Crippen molar-refractivity contribution < 1.29 is 4.42 Å². The van der Waals surface area contributed by atoms with E-state index in [0.29, 0.717) is 0 Å². The first-order valence-electron chi connectivity index (χ1n) is 7.30. The molecule has 0 bridgehead atoms. The van der Waals surface area contributed by atoms with Crippen molar-refractivity contribution >= 4 is 15.9 Å². The van der Waals surface area contributed by atoms with Crippen LogP contribution in [0.5, 0.6) is 0 Å². The Labute approximate surface area is 128 Å². The third-order valence-corrected chi connectivity index (χ3v) is 5.12. The first-order chi connectivity index (χ1) is 9.78. The fourth-order valence-corrected chi connectivity index (χ4v) is 3.76. The molecular formula is C17H20BrNO. The highest BCUT2D eigenvalue weighted by molar-refractivity contribution is 9.10. The van der Waals surface area contributed by atoms with Crippen LogP contribution in [-0.2, 0) is 5.41 Å². The minimum atomic E-state index is 0.164. The molecule has 1 aliphatic carbocycles. The van der Waals surface area contributed by atoms with E-state index in [-0.39, 0.29) is 11.5 Å². The molecule has 1 aromatic carbocycles. The van der Waals surface area contributed by atoms with E-state index < -0.39 is 0 Å². The lowest BCUT2D eigenvalue weighted by Crippen LogP contribution is -2.46. The van der Waals surface area contributed by atoms with Gasteiger partial charge in [0.15, 0.2) is 0 Å². The fourth-order valence-electron chi connectivity index (χ4n) is 3.33. The molecule has 106 valence electrons. The second kappa shape index (κ2) is 5.74. The van der Waals surface area contributed by atoms with Crippen LogP contribution in [0.1, 0.15) is 43.6 Å². The zero-order chi connectivity index (χ0) is 14.0. The van der Waals surface area contributed by atoms with Gasteiger partial charge in [0, 0.05) is 5.41 Å². The Kier molecular flexibility index (Phi) is 3.99. The van der Waals surface area contributed by atoms with Crippen molar-refractivity contribution in [2.24, 2.45) is 0 Å². The van der Waals surface area contributed by atoms with Crippen LogP contribution in [0.15, 0.2) is 51.6 Å². The molecule has 1 aliphatic rings. The van der Waals surface area contributed by atoms with Gasteiger partial charge in [-0.2, -0.15) is 0 Å². The Balaban J connectivity index is 2.03. The van der Waals surface area contributed by atoms with E-state index in [2.05, 4.69) is 58.5 Å². The van der Waals surface area contributed by atoms with Gasteiger partial charge in [0.25, 0.3) is 0 Å². The van der Waals surface area contributed by atoms with E-state index in [9.17, 15) is 0 Å². The molecule has 20 heavy (non-hydrogen) atoms. The normalized spacial score (nSPS) is 18.5. The van der Waals surface area contributed by atoms with Crippen molar-refractivity contribution in [2.45, 2.75) is 37.6 Å². The fraction of sp³-hybridized carbons (Fsp3) is 0.412. The molecule has 1 unspecified atom stereocenters. The topological polar surface area (TPSA) is 25.2 Å². The summed E-state index contributed by atoms with van der Waals surface area (Å²) in [6.07, 6.45) is 5.47. The number of nitrogens with one attached hydrogen (secondary N) is 1. The average molecular weight is 334 g/mol. The van der Waals surface area contributed by atoms with Crippen LogP contribution in [0.3, 0.4) is 0 Å². The van der Waals surface area contributed by atoms with Crippen LogP contribution in [0.25, 0.3) is 0 Å². The summed E-state index contributed by atoms with van der Waals surface area (Å²) in [7, 11) is 0. The van der Waals surface area contributed by atoms with Gasteiger partial charge in [0.05, 0.1) is 16.8 Å². The van der Waals surface area contributed by atoms with Gasteiger partial charge >= 0.3 is 0 Å². The minimum Gasteiger partial charge on any atom is -0.466 e. The molecule has 1 N–H and O–H groups in total. The van der Waals surface area contributed by atoms with Gasteiger partial charge in [-0.25, -0.2) is 0 Å². The van der Waals surface area contributed by atoms with Crippen molar-refractivity contribution in [2.75, 3.05) is 6.54 Å². The summed E-state index contributed by atoms with van der Waals surface area (Å²) >= 11 is 3.62. The van der Waals surface area contributed by atoms with Gasteiger partial charge in [0.2, 0.25) is 0 Å². The monoisotopic (exact) mass is 333 g/mol. The molecule has 0 spiro atoms. The molecule has 0 aliphatic heterocycles. The Morgan fingerprint density at radius 2 is 2.00 bits per heavy atom. The molecule has 3 heteroatoms. The third-order valence-electron chi connectivity index (χ3n) is 4.46. The molecule has 1 atom stereocenters. The molecule has 1 heterocycles. The lowest BCUT2D eigenvalue weighted by molar-refractivity contribution is 0.153. The largest absolute Gasteiger partial charge is 0.466 e. The molecule has 1 aromatic heterocycles. The molecule has 0 amide bonds. The number of furan rings is 1. The van der Waals surface area contributed by atoms with E-state index in [1.165, 1.54) is 24.8 Å². The molecule has 2 nitrogen and oxygen atoms in total. The highest BCUT2D eigenvalue weighted by Crippen LogP contribution is 2.53. The smallest absolute Gasteiger partial charge is 0.135 e. The summed E-state index contributed by atoms with van der Waals surface area (Å²) in [6.45, 7) is 3.09. The van der Waals surface area contributed by atoms with Crippen LogP contribution in [0.2, 0.25) is 0 Å². The van der Waals surface area contributed by atoms with Gasteiger partial charge in [0.1, 0.15) is 5.76 Å². The molecule has 3 rings (SSSR count). The molecule has 1 saturated carbocycles. The molecule has 2 aromatic rings. The van der Waals surface area contributed by atoms with Crippen LogP contribution < -0.4 is 5.32 Å². The lowest BCUT2D eigenvalue weighted by Gasteiger charge is -2.48. The number of rotatable bonds is 5. The van der Waals surface area contributed by atoms with E-state index in [4.69, 9.17) is 4.42 Å². The van der Waals surface area contributed by atoms with Gasteiger partial charge in [-0.3, -0.25) is 0 Å². The number of likely N-dealkylation sites (N-methyl/N-ethyl adjacent to an activating group) is 1. The summed E-state index contributed by atoms with van der Waals surface area (Å²) in [5.74, 6) is 1.02. The van der Waals surface area contributed by atoms with E-state index in [0.717, 1.165) is 16.8 Å². The van der Waals surface area contributed by atoms with Crippen LogP contribution >= 0.6 is 15.9 Å². The number of halogens is 1. The van der Waals surface area contributed by atoms with Gasteiger partial charge in [-0.1, -0.05) is 43.7 Å². The third kappa shape index (κ3) is 2.23. The first-order valence-corrected chi connectivity index (χ1v) is 8.09. The maximum Gasteiger partial charge on any atom is 0.135 e. The average Bonchev–Trinajstić information content (AvgIpc) is 2.84. The summed E-state index contributed by atoms with van der Waals surface area (Å²) in [5, 5.41) is 3.64. The SMILES string of the molecule is CCNC(c1occc1Br)C1(c2ccccc2)CCC1. The number of benzene rings is 1. The summed E-state index contributed by atoms with van der Waals surface area (Å²) in [5.41, 5.74) is 1.58. The Hall–Kier alpha value is -1.06. The molecule has 1 fully saturated rings. The maximum atomic E-state index is 5.77. The zero-order valence-electron chi connectivity index (χ0n) is 11.7. The highest BCUT2D eigenvalue weighted by Gasteiger charge is 2.47. The van der Waals surface area contributed by atoms with E-state index >= 15 is 0 Å². The standard InChI is InChI=1S/C17H20BrNO/c1-2-19-16(15-14(18)9-12-20-15)17(10-6-11-17)13-7-4-3-5-8-13/h3-5,7-9,12,16,19H,2,6,10-11H2,1H3. The predicted octanol–water partition coefficient (Wildman–Crippen LogP) is 4.81. The zero-order valence-corrected chi connectivity index (χ0v) is 13.3. The molecular weight excluding hydrogens is 314 g/mol. The van der Waals surface area contributed by atoms with Crippen LogP contribution in [-0.4, -0.2) is 6.54 Å². The second-order valence-electron chi connectivity index (χ2n) is 5.50. The minimum absolute atomic E-state index is 0.164. The Morgan fingerprint density at radius 1 is 1.25 bits per heavy atom. The summed E-state index contributed by atoms with van der Waals surface area (Å²) in [4.78, 5) is 0. The van der Waals surface area contributed by atoms with Crippen LogP contribution in [0, 0.1) is 0 Å². The van der Waals surface area contributed by atoms with E-state index in [1.54, 1.807) is 6.26 Å². The first kappa shape index (κ1) is 13.9. The lowest BCUT2D eigenvalue weighted by atomic mass is 9.59. The predicted molar refractivity (Wildman–Crippen MR) is 84.8 cm³/mol. The maximum absolute atomic E-state index is 5.77. The quantitative estimate of drug-likeness (QED) is 0.848. The Bertz CT molecular complexity index is 559. The van der Waals surface area contributed by atoms with Crippen LogP contribution in [0.4, 0.5) is 0 Å². The summed E-state index contributed by atoms with van der Waals surface area (Å²) < 4.78 is 6.83.